The number of rotatable bonds is 1. The molecule has 4 nitrogen and oxygen atoms in total. The second-order valence-corrected chi connectivity index (χ2v) is 5.11. The van der Waals surface area contributed by atoms with Gasteiger partial charge >= 0.3 is 0 Å². The number of amides is 1. The van der Waals surface area contributed by atoms with E-state index in [9.17, 15) is 4.79 Å². The Labute approximate surface area is 97.8 Å². The third-order valence-electron chi connectivity index (χ3n) is 3.76. The number of hydrogen-bond acceptors (Lipinski definition) is 3. The van der Waals surface area contributed by atoms with Crippen LogP contribution in [0.3, 0.4) is 0 Å². The molecule has 0 spiro atoms. The fourth-order valence-electron chi connectivity index (χ4n) is 2.97. The standard InChI is InChI=1S/C12H23N3O/c1-9-7-13-8-10(2)15(9)11-5-3-4-6-14-12(11)16/h9-11,13H,3-8H2,1-2H3,(H,14,16). The monoisotopic (exact) mass is 225 g/mol. The maximum atomic E-state index is 12.0. The van der Waals surface area contributed by atoms with Gasteiger partial charge in [-0.2, -0.15) is 0 Å². The normalized spacial score (nSPS) is 37.9. The van der Waals surface area contributed by atoms with Crippen molar-refractivity contribution in [2.24, 2.45) is 0 Å². The van der Waals surface area contributed by atoms with Crippen LogP contribution in [0.15, 0.2) is 0 Å². The predicted octanol–water partition coefficient (Wildman–Crippen LogP) is 0.337. The van der Waals surface area contributed by atoms with Gasteiger partial charge in [-0.05, 0) is 33.1 Å². The summed E-state index contributed by atoms with van der Waals surface area (Å²) in [5.41, 5.74) is 0. The average molecular weight is 225 g/mol. The molecule has 0 aromatic carbocycles. The molecule has 1 amide bonds. The molecule has 2 N–H and O–H groups in total. The fraction of sp³-hybridized carbons (Fsp3) is 0.917. The van der Waals surface area contributed by atoms with Crippen molar-refractivity contribution in [1.82, 2.24) is 15.5 Å². The summed E-state index contributed by atoms with van der Waals surface area (Å²) in [6.07, 6.45) is 3.30. The highest BCUT2D eigenvalue weighted by molar-refractivity contribution is 5.82. The number of nitrogens with one attached hydrogen (secondary N) is 2. The Hall–Kier alpha value is -0.610. The lowest BCUT2D eigenvalue weighted by molar-refractivity contribution is -0.128. The molecule has 2 saturated heterocycles. The predicted molar refractivity (Wildman–Crippen MR) is 64.3 cm³/mol. The third kappa shape index (κ3) is 2.38. The lowest BCUT2D eigenvalue weighted by Crippen LogP contribution is -2.61. The minimum atomic E-state index is 0.0922. The van der Waals surface area contributed by atoms with Gasteiger partial charge in [-0.1, -0.05) is 0 Å². The largest absolute Gasteiger partial charge is 0.355 e. The molecule has 2 fully saturated rings. The van der Waals surface area contributed by atoms with Crippen molar-refractivity contribution in [3.8, 4) is 0 Å². The lowest BCUT2D eigenvalue weighted by Gasteiger charge is -2.43. The SMILES string of the molecule is CC1CNCC(C)N1C1CCCCNC1=O. The van der Waals surface area contributed by atoms with Crippen LogP contribution < -0.4 is 10.6 Å². The zero-order chi connectivity index (χ0) is 11.5. The van der Waals surface area contributed by atoms with Crippen molar-refractivity contribution in [1.29, 1.82) is 0 Å². The van der Waals surface area contributed by atoms with E-state index in [1.165, 1.54) is 0 Å². The van der Waals surface area contributed by atoms with E-state index in [1.807, 2.05) is 0 Å². The molecule has 0 radical (unpaired) electrons. The molecule has 92 valence electrons. The van der Waals surface area contributed by atoms with Crippen LogP contribution in [0, 0.1) is 0 Å². The van der Waals surface area contributed by atoms with Crippen LogP contribution in [0.2, 0.25) is 0 Å². The maximum Gasteiger partial charge on any atom is 0.237 e. The minimum absolute atomic E-state index is 0.0922. The third-order valence-corrected chi connectivity index (χ3v) is 3.76. The van der Waals surface area contributed by atoms with E-state index in [-0.39, 0.29) is 11.9 Å². The first-order chi connectivity index (χ1) is 7.70. The Morgan fingerprint density at radius 3 is 2.56 bits per heavy atom. The first-order valence-corrected chi connectivity index (χ1v) is 6.46. The van der Waals surface area contributed by atoms with Crippen LogP contribution in [0.4, 0.5) is 0 Å². The molecule has 0 aromatic rings. The van der Waals surface area contributed by atoms with Crippen molar-refractivity contribution < 1.29 is 4.79 Å². The second kappa shape index (κ2) is 5.15. The lowest BCUT2D eigenvalue weighted by atomic mass is 10.0. The molecule has 2 aliphatic rings. The van der Waals surface area contributed by atoms with E-state index in [4.69, 9.17) is 0 Å². The van der Waals surface area contributed by atoms with Gasteiger partial charge < -0.3 is 10.6 Å². The Bertz CT molecular complexity index is 247. The van der Waals surface area contributed by atoms with Crippen molar-refractivity contribution >= 4 is 5.91 Å². The quantitative estimate of drug-likeness (QED) is 0.676. The molecule has 0 aromatic heterocycles. The number of carbonyl (C=O) groups excluding carboxylic acids is 1. The Morgan fingerprint density at radius 2 is 1.88 bits per heavy atom. The molecule has 3 unspecified atom stereocenters. The second-order valence-electron chi connectivity index (χ2n) is 5.11. The van der Waals surface area contributed by atoms with Crippen LogP contribution in [-0.4, -0.2) is 48.6 Å². The highest BCUT2D eigenvalue weighted by Crippen LogP contribution is 2.20. The summed E-state index contributed by atoms with van der Waals surface area (Å²) in [6, 6.07) is 1.00. The fourth-order valence-corrected chi connectivity index (χ4v) is 2.97. The first-order valence-electron chi connectivity index (χ1n) is 6.46. The topological polar surface area (TPSA) is 44.4 Å². The van der Waals surface area contributed by atoms with Crippen molar-refractivity contribution in [2.45, 2.75) is 51.2 Å². The van der Waals surface area contributed by atoms with Crippen LogP contribution >= 0.6 is 0 Å². The van der Waals surface area contributed by atoms with E-state index in [0.29, 0.717) is 12.1 Å². The van der Waals surface area contributed by atoms with Crippen LogP contribution in [0.25, 0.3) is 0 Å². The molecule has 2 aliphatic heterocycles. The van der Waals surface area contributed by atoms with Gasteiger partial charge in [0, 0.05) is 31.7 Å². The summed E-state index contributed by atoms with van der Waals surface area (Å²) < 4.78 is 0. The number of carbonyl (C=O) groups is 1. The molecule has 0 saturated carbocycles. The molecule has 2 heterocycles. The molecule has 4 heteroatoms. The van der Waals surface area contributed by atoms with Gasteiger partial charge in [0.05, 0.1) is 6.04 Å². The molecule has 16 heavy (non-hydrogen) atoms. The van der Waals surface area contributed by atoms with Gasteiger partial charge in [0.2, 0.25) is 5.91 Å². The van der Waals surface area contributed by atoms with E-state index in [2.05, 4.69) is 29.4 Å². The summed E-state index contributed by atoms with van der Waals surface area (Å²) >= 11 is 0. The van der Waals surface area contributed by atoms with E-state index in [1.54, 1.807) is 0 Å². The highest BCUT2D eigenvalue weighted by atomic mass is 16.2. The number of nitrogens with zero attached hydrogens (tertiary/aromatic N) is 1. The van der Waals surface area contributed by atoms with E-state index < -0.39 is 0 Å². The van der Waals surface area contributed by atoms with E-state index >= 15 is 0 Å². The van der Waals surface area contributed by atoms with Gasteiger partial charge in [-0.25, -0.2) is 0 Å². The molecule has 0 aliphatic carbocycles. The average Bonchev–Trinajstić information content (AvgIpc) is 2.44. The summed E-state index contributed by atoms with van der Waals surface area (Å²) in [4.78, 5) is 14.4. The molecular formula is C12H23N3O. The van der Waals surface area contributed by atoms with Gasteiger partial charge in [-0.3, -0.25) is 9.69 Å². The van der Waals surface area contributed by atoms with Crippen LogP contribution in [-0.2, 0) is 4.79 Å². The van der Waals surface area contributed by atoms with Crippen molar-refractivity contribution in [3.63, 3.8) is 0 Å². The molecule has 3 atom stereocenters. The van der Waals surface area contributed by atoms with Gasteiger partial charge in [-0.15, -0.1) is 0 Å². The Balaban J connectivity index is 2.10. The van der Waals surface area contributed by atoms with Crippen LogP contribution in [0.5, 0.6) is 0 Å². The maximum absolute atomic E-state index is 12.0. The smallest absolute Gasteiger partial charge is 0.237 e. The first kappa shape index (κ1) is 11.9. The molecular weight excluding hydrogens is 202 g/mol. The highest BCUT2D eigenvalue weighted by Gasteiger charge is 2.35. The summed E-state index contributed by atoms with van der Waals surface area (Å²) in [7, 11) is 0. The summed E-state index contributed by atoms with van der Waals surface area (Å²) in [6.45, 7) is 7.26. The molecule has 0 bridgehead atoms. The van der Waals surface area contributed by atoms with Crippen molar-refractivity contribution in [3.05, 3.63) is 0 Å². The summed E-state index contributed by atoms with van der Waals surface area (Å²) in [5.74, 6) is 0.234. The van der Waals surface area contributed by atoms with Crippen molar-refractivity contribution in [2.75, 3.05) is 19.6 Å². The number of hydrogen-bond donors (Lipinski definition) is 2. The minimum Gasteiger partial charge on any atom is -0.355 e. The zero-order valence-corrected chi connectivity index (χ0v) is 10.3. The summed E-state index contributed by atoms with van der Waals surface area (Å²) in [5, 5.41) is 6.44. The zero-order valence-electron chi connectivity index (χ0n) is 10.3. The van der Waals surface area contributed by atoms with E-state index in [0.717, 1.165) is 38.9 Å². The Kier molecular flexibility index (Phi) is 3.82. The Morgan fingerprint density at radius 1 is 1.19 bits per heavy atom. The van der Waals surface area contributed by atoms with Crippen LogP contribution in [0.1, 0.15) is 33.1 Å². The number of piperazine rings is 1. The van der Waals surface area contributed by atoms with Gasteiger partial charge in [0.1, 0.15) is 0 Å². The van der Waals surface area contributed by atoms with Gasteiger partial charge in [0.25, 0.3) is 0 Å². The molecule has 2 rings (SSSR count). The van der Waals surface area contributed by atoms with Gasteiger partial charge in [0.15, 0.2) is 0 Å².